The second-order valence-corrected chi connectivity index (χ2v) is 6.41. The molecule has 0 unspecified atom stereocenters. The fourth-order valence-corrected chi connectivity index (χ4v) is 3.72. The maximum absolute atomic E-state index is 11.8. The van der Waals surface area contributed by atoms with Crippen molar-refractivity contribution in [2.45, 2.75) is 11.7 Å². The van der Waals surface area contributed by atoms with E-state index >= 15 is 0 Å². The van der Waals surface area contributed by atoms with Crippen molar-refractivity contribution in [3.8, 4) is 22.8 Å². The van der Waals surface area contributed by atoms with Crippen LogP contribution in [0.25, 0.3) is 11.3 Å². The zero-order valence-corrected chi connectivity index (χ0v) is 15.4. The van der Waals surface area contributed by atoms with Crippen LogP contribution in [0.4, 0.5) is 5.69 Å². The van der Waals surface area contributed by atoms with Crippen LogP contribution in [0.15, 0.2) is 27.5 Å². The molecule has 0 radical (unpaired) electrons. The van der Waals surface area contributed by atoms with Crippen molar-refractivity contribution >= 4 is 29.6 Å². The molecule has 11 nitrogen and oxygen atoms in total. The number of benzene rings is 1. The molecule has 0 bridgehead atoms. The summed E-state index contributed by atoms with van der Waals surface area (Å²) in [5, 5.41) is 19.9. The fraction of sp³-hybridized carbons (Fsp3) is 0.267. The van der Waals surface area contributed by atoms with Crippen LogP contribution in [0, 0.1) is 10.1 Å². The molecule has 3 rings (SSSR count). The summed E-state index contributed by atoms with van der Waals surface area (Å²) in [4.78, 5) is 15.8. The Morgan fingerprint density at radius 3 is 2.70 bits per heavy atom. The Balaban J connectivity index is 2.30. The number of nitrogens with two attached hydrogens (primary N) is 2. The van der Waals surface area contributed by atoms with Crippen LogP contribution < -0.4 is 20.9 Å². The number of nitro benzene ring substituents is 1. The molecular weight excluding hydrogens is 374 g/mol. The number of ether oxygens (including phenoxy) is 2. The molecule has 0 fully saturated rings. The number of nitro groups is 1. The maximum Gasteiger partial charge on any atom is 0.324 e. The second-order valence-electron chi connectivity index (χ2n) is 5.35. The Hall–Kier alpha value is -3.28. The number of hydrogen-bond acceptors (Lipinski definition) is 8. The van der Waals surface area contributed by atoms with Crippen molar-refractivity contribution in [1.29, 1.82) is 0 Å². The van der Waals surface area contributed by atoms with E-state index in [9.17, 15) is 10.1 Å². The Morgan fingerprint density at radius 2 is 2.07 bits per heavy atom. The van der Waals surface area contributed by atoms with Crippen molar-refractivity contribution in [2.24, 2.45) is 21.7 Å². The van der Waals surface area contributed by atoms with Gasteiger partial charge in [0.25, 0.3) is 0 Å². The smallest absolute Gasteiger partial charge is 0.324 e. The van der Waals surface area contributed by atoms with Gasteiger partial charge < -0.3 is 25.5 Å². The number of nitrogens with zero attached hydrogens (tertiary/aromatic N) is 5. The highest BCUT2D eigenvalue weighted by molar-refractivity contribution is 7.99. The third-order valence-electron chi connectivity index (χ3n) is 3.83. The average molecular weight is 391 g/mol. The van der Waals surface area contributed by atoms with Crippen molar-refractivity contribution in [1.82, 2.24) is 9.55 Å². The van der Waals surface area contributed by atoms with Gasteiger partial charge in [-0.05, 0) is 12.1 Å². The molecule has 142 valence electrons. The first kappa shape index (κ1) is 18.5. The molecule has 1 aromatic heterocycles. The lowest BCUT2D eigenvalue weighted by Crippen LogP contribution is -2.21. The number of hydrogen-bond donors (Lipinski definition) is 2. The molecule has 12 heteroatoms. The first-order chi connectivity index (χ1) is 13.0. The third-order valence-corrected chi connectivity index (χ3v) is 4.79. The van der Waals surface area contributed by atoms with E-state index in [0.29, 0.717) is 23.7 Å². The SMILES string of the molecule is COc1ccc(OC)c([N+](=O)[O-])c1-c1nc2n(c1/C=N/N=C(N)N)CCS2. The molecule has 1 aliphatic rings. The minimum absolute atomic E-state index is 0.101. The van der Waals surface area contributed by atoms with Crippen LogP contribution in [0.5, 0.6) is 11.5 Å². The maximum atomic E-state index is 11.8. The first-order valence-electron chi connectivity index (χ1n) is 7.73. The molecule has 1 aromatic carbocycles. The van der Waals surface area contributed by atoms with Gasteiger partial charge in [-0.3, -0.25) is 10.1 Å². The van der Waals surface area contributed by atoms with Gasteiger partial charge in [-0.15, -0.1) is 5.10 Å². The average Bonchev–Trinajstić information content (AvgIpc) is 3.22. The van der Waals surface area contributed by atoms with E-state index in [0.717, 1.165) is 10.9 Å². The highest BCUT2D eigenvalue weighted by atomic mass is 32.2. The summed E-state index contributed by atoms with van der Waals surface area (Å²) in [6.07, 6.45) is 1.42. The predicted molar refractivity (Wildman–Crippen MR) is 102 cm³/mol. The Bertz CT molecular complexity index is 950. The number of aromatic nitrogens is 2. The van der Waals surface area contributed by atoms with Crippen LogP contribution in [-0.4, -0.2) is 46.6 Å². The lowest BCUT2D eigenvalue weighted by atomic mass is 10.1. The minimum Gasteiger partial charge on any atom is -0.496 e. The second kappa shape index (κ2) is 7.53. The van der Waals surface area contributed by atoms with Gasteiger partial charge in [-0.2, -0.15) is 5.10 Å². The zero-order valence-electron chi connectivity index (χ0n) is 14.6. The van der Waals surface area contributed by atoms with Gasteiger partial charge in [0.1, 0.15) is 17.0 Å². The normalized spacial score (nSPS) is 12.8. The molecule has 1 aliphatic heterocycles. The van der Waals surface area contributed by atoms with E-state index in [4.69, 9.17) is 20.9 Å². The van der Waals surface area contributed by atoms with E-state index < -0.39 is 4.92 Å². The number of rotatable bonds is 6. The monoisotopic (exact) mass is 391 g/mol. The number of fused-ring (bicyclic) bond motifs is 1. The summed E-state index contributed by atoms with van der Waals surface area (Å²) < 4.78 is 12.4. The van der Waals surface area contributed by atoms with Crippen LogP contribution in [0.3, 0.4) is 0 Å². The van der Waals surface area contributed by atoms with Gasteiger partial charge in [-0.1, -0.05) is 11.8 Å². The third kappa shape index (κ3) is 3.38. The molecule has 0 saturated heterocycles. The summed E-state index contributed by atoms with van der Waals surface area (Å²) in [5.41, 5.74) is 11.4. The van der Waals surface area contributed by atoms with Gasteiger partial charge in [0.2, 0.25) is 5.96 Å². The number of guanidine groups is 1. The predicted octanol–water partition coefficient (Wildman–Crippen LogP) is 1.19. The van der Waals surface area contributed by atoms with E-state index in [1.165, 1.54) is 38.3 Å². The standard InChI is InChI=1S/C15H17N7O4S/c1-25-9-3-4-10(26-2)13(22(23)24)11(9)12-8(7-18-20-14(16)17)21-5-6-27-15(21)19-12/h3-4,7H,5-6H2,1-2H3,(H4,16,17,20)/b18-7+. The van der Waals surface area contributed by atoms with Gasteiger partial charge >= 0.3 is 5.69 Å². The molecule has 0 spiro atoms. The summed E-state index contributed by atoms with van der Waals surface area (Å²) in [7, 11) is 2.80. The summed E-state index contributed by atoms with van der Waals surface area (Å²) in [5.74, 6) is 1.03. The van der Waals surface area contributed by atoms with Crippen molar-refractivity contribution in [2.75, 3.05) is 20.0 Å². The van der Waals surface area contributed by atoms with Crippen LogP contribution in [0.1, 0.15) is 5.69 Å². The van der Waals surface area contributed by atoms with E-state index in [1.54, 1.807) is 6.07 Å². The van der Waals surface area contributed by atoms with Crippen molar-refractivity contribution < 1.29 is 14.4 Å². The molecule has 0 saturated carbocycles. The molecule has 0 atom stereocenters. The molecule has 0 aliphatic carbocycles. The minimum atomic E-state index is -0.523. The number of methoxy groups -OCH3 is 2. The topological polar surface area (TPSA) is 156 Å². The largest absolute Gasteiger partial charge is 0.496 e. The van der Waals surface area contributed by atoms with Gasteiger partial charge in [-0.25, -0.2) is 4.98 Å². The lowest BCUT2D eigenvalue weighted by molar-refractivity contribution is -0.385. The molecule has 2 heterocycles. The summed E-state index contributed by atoms with van der Waals surface area (Å²) in [6.45, 7) is 0.677. The van der Waals surface area contributed by atoms with Crippen molar-refractivity contribution in [3.63, 3.8) is 0 Å². The molecule has 0 amide bonds. The van der Waals surface area contributed by atoms with Gasteiger partial charge in [0.05, 0.1) is 31.1 Å². The fourth-order valence-electron chi connectivity index (χ4n) is 2.76. The highest BCUT2D eigenvalue weighted by Gasteiger charge is 2.32. The lowest BCUT2D eigenvalue weighted by Gasteiger charge is -2.11. The van der Waals surface area contributed by atoms with Crippen LogP contribution in [-0.2, 0) is 6.54 Å². The Labute approximate surface area is 158 Å². The zero-order chi connectivity index (χ0) is 19.6. The number of thioether (sulfide) groups is 1. The van der Waals surface area contributed by atoms with Crippen LogP contribution >= 0.6 is 11.8 Å². The van der Waals surface area contributed by atoms with Gasteiger partial charge in [0, 0.05) is 12.3 Å². The summed E-state index contributed by atoms with van der Waals surface area (Å²) in [6, 6.07) is 3.07. The van der Waals surface area contributed by atoms with E-state index in [-0.39, 0.29) is 23.0 Å². The molecule has 27 heavy (non-hydrogen) atoms. The Morgan fingerprint density at radius 1 is 1.37 bits per heavy atom. The highest BCUT2D eigenvalue weighted by Crippen LogP contribution is 2.46. The molecular formula is C15H17N7O4S. The van der Waals surface area contributed by atoms with Crippen LogP contribution in [0.2, 0.25) is 0 Å². The van der Waals surface area contributed by atoms with E-state index in [1.807, 2.05) is 4.57 Å². The quantitative estimate of drug-likeness (QED) is 0.322. The Kier molecular flexibility index (Phi) is 5.16. The summed E-state index contributed by atoms with van der Waals surface area (Å²) >= 11 is 1.54. The van der Waals surface area contributed by atoms with Gasteiger partial charge in [0.15, 0.2) is 10.9 Å². The molecule has 2 aromatic rings. The molecule has 4 N–H and O–H groups in total. The number of imidazole rings is 1. The van der Waals surface area contributed by atoms with Crippen molar-refractivity contribution in [3.05, 3.63) is 27.9 Å². The van der Waals surface area contributed by atoms with E-state index in [2.05, 4.69) is 15.2 Å². The first-order valence-corrected chi connectivity index (χ1v) is 8.71.